The van der Waals surface area contributed by atoms with E-state index in [9.17, 15) is 9.59 Å². The number of carbonyl (C=O) groups excluding carboxylic acids is 2. The van der Waals surface area contributed by atoms with E-state index in [1.54, 1.807) is 4.90 Å². The molecule has 1 aliphatic heterocycles. The molecule has 3 N–H and O–H groups in total. The average molecular weight is 408 g/mol. The van der Waals surface area contributed by atoms with Gasteiger partial charge in [-0.05, 0) is 42.2 Å². The molecule has 1 aromatic heterocycles. The van der Waals surface area contributed by atoms with Gasteiger partial charge in [-0.1, -0.05) is 18.5 Å². The van der Waals surface area contributed by atoms with Gasteiger partial charge in [-0.25, -0.2) is 0 Å². The van der Waals surface area contributed by atoms with E-state index in [1.807, 2.05) is 31.2 Å². The Morgan fingerprint density at radius 1 is 1.22 bits per heavy atom. The fourth-order valence-electron chi connectivity index (χ4n) is 2.90. The van der Waals surface area contributed by atoms with Crippen molar-refractivity contribution in [2.45, 2.75) is 13.3 Å². The maximum Gasteiger partial charge on any atom is 0.273 e. The van der Waals surface area contributed by atoms with Gasteiger partial charge < -0.3 is 20.9 Å². The molecule has 1 saturated heterocycles. The molecule has 0 aliphatic carbocycles. The van der Waals surface area contributed by atoms with Crippen molar-refractivity contribution in [2.24, 2.45) is 0 Å². The Labute approximate surface area is 167 Å². The van der Waals surface area contributed by atoms with Crippen LogP contribution in [0.2, 0.25) is 5.02 Å². The van der Waals surface area contributed by atoms with Gasteiger partial charge in [0.1, 0.15) is 4.88 Å². The van der Waals surface area contributed by atoms with Gasteiger partial charge in [-0.15, -0.1) is 0 Å². The summed E-state index contributed by atoms with van der Waals surface area (Å²) in [6, 6.07) is 7.67. The quantitative estimate of drug-likeness (QED) is 0.794. The first-order valence-corrected chi connectivity index (χ1v) is 9.99. The van der Waals surface area contributed by atoms with Gasteiger partial charge in [0.25, 0.3) is 11.8 Å². The minimum Gasteiger partial charge on any atom is -0.395 e. The second-order valence-electron chi connectivity index (χ2n) is 6.29. The number of hydrogen-bond donors (Lipinski definition) is 2. The number of nitrogens with zero attached hydrogens (tertiary/aromatic N) is 3. The summed E-state index contributed by atoms with van der Waals surface area (Å²) in [5.74, 6) is -0.507. The molecule has 1 aromatic carbocycles. The first kappa shape index (κ1) is 19.4. The van der Waals surface area contributed by atoms with Crippen molar-refractivity contribution in [3.63, 3.8) is 0 Å². The van der Waals surface area contributed by atoms with Gasteiger partial charge in [0.15, 0.2) is 5.69 Å². The molecule has 0 saturated carbocycles. The Kier molecular flexibility index (Phi) is 6.18. The molecule has 1 fully saturated rings. The molecule has 3 rings (SSSR count). The number of nitrogens with one attached hydrogen (secondary N) is 1. The van der Waals surface area contributed by atoms with Crippen LogP contribution in [0.15, 0.2) is 24.3 Å². The SMILES string of the molecule is CCCNC(=O)c1nsc(C(=O)N2CCN(c3ccc(Cl)cc3)CC2)c1N. The predicted octanol–water partition coefficient (Wildman–Crippen LogP) is 2.48. The highest BCUT2D eigenvalue weighted by Gasteiger charge is 2.28. The number of hydrogen-bond acceptors (Lipinski definition) is 6. The maximum absolute atomic E-state index is 12.8. The number of nitrogens with two attached hydrogens (primary N) is 1. The molecule has 1 aliphatic rings. The third kappa shape index (κ3) is 4.33. The predicted molar refractivity (Wildman–Crippen MR) is 109 cm³/mol. The molecule has 144 valence electrons. The molecule has 2 amide bonds. The zero-order valence-corrected chi connectivity index (χ0v) is 16.6. The Hall–Kier alpha value is -2.32. The summed E-state index contributed by atoms with van der Waals surface area (Å²) in [5.41, 5.74) is 7.42. The lowest BCUT2D eigenvalue weighted by Gasteiger charge is -2.36. The molecule has 2 heterocycles. The fourth-order valence-corrected chi connectivity index (χ4v) is 3.79. The van der Waals surface area contributed by atoms with E-state index in [2.05, 4.69) is 14.6 Å². The zero-order valence-electron chi connectivity index (χ0n) is 15.1. The summed E-state index contributed by atoms with van der Waals surface area (Å²) in [7, 11) is 0. The highest BCUT2D eigenvalue weighted by atomic mass is 35.5. The van der Waals surface area contributed by atoms with Crippen molar-refractivity contribution in [1.29, 1.82) is 0 Å². The molecule has 0 radical (unpaired) electrons. The van der Waals surface area contributed by atoms with E-state index in [0.29, 0.717) is 29.5 Å². The largest absolute Gasteiger partial charge is 0.395 e. The Balaban J connectivity index is 1.63. The number of nitrogen functional groups attached to an aromatic ring is 1. The van der Waals surface area contributed by atoms with E-state index in [-0.39, 0.29) is 23.2 Å². The number of benzene rings is 1. The molecule has 0 unspecified atom stereocenters. The summed E-state index contributed by atoms with van der Waals surface area (Å²) in [6.07, 6.45) is 0.819. The normalized spacial score (nSPS) is 14.3. The van der Waals surface area contributed by atoms with Crippen molar-refractivity contribution in [1.82, 2.24) is 14.6 Å². The lowest BCUT2D eigenvalue weighted by molar-refractivity contribution is 0.0752. The first-order valence-electron chi connectivity index (χ1n) is 8.84. The summed E-state index contributed by atoms with van der Waals surface area (Å²) in [4.78, 5) is 29.2. The van der Waals surface area contributed by atoms with Gasteiger partial charge in [0.05, 0.1) is 5.69 Å². The zero-order chi connectivity index (χ0) is 19.4. The minimum atomic E-state index is -0.336. The van der Waals surface area contributed by atoms with E-state index >= 15 is 0 Å². The number of amides is 2. The lowest BCUT2D eigenvalue weighted by Crippen LogP contribution is -2.48. The van der Waals surface area contributed by atoms with Crippen LogP contribution in [0.4, 0.5) is 11.4 Å². The topological polar surface area (TPSA) is 91.6 Å². The number of halogens is 1. The van der Waals surface area contributed by atoms with Crippen LogP contribution in [-0.2, 0) is 0 Å². The van der Waals surface area contributed by atoms with E-state index in [0.717, 1.165) is 36.7 Å². The van der Waals surface area contributed by atoms with Crippen molar-refractivity contribution in [3.05, 3.63) is 39.9 Å². The number of carbonyl (C=O) groups is 2. The average Bonchev–Trinajstić information content (AvgIpc) is 3.07. The summed E-state index contributed by atoms with van der Waals surface area (Å²) < 4.78 is 4.09. The summed E-state index contributed by atoms with van der Waals surface area (Å²) in [5, 5.41) is 3.43. The third-order valence-electron chi connectivity index (χ3n) is 4.43. The first-order chi connectivity index (χ1) is 13.0. The van der Waals surface area contributed by atoms with Crippen molar-refractivity contribution < 1.29 is 9.59 Å². The molecular formula is C18H22ClN5O2S. The highest BCUT2D eigenvalue weighted by Crippen LogP contribution is 2.25. The number of piperazine rings is 1. The second kappa shape index (κ2) is 8.58. The maximum atomic E-state index is 12.8. The number of aromatic nitrogens is 1. The number of anilines is 2. The van der Waals surface area contributed by atoms with Crippen LogP contribution in [-0.4, -0.2) is 53.8 Å². The van der Waals surface area contributed by atoms with Gasteiger partial charge in [-0.3, -0.25) is 9.59 Å². The van der Waals surface area contributed by atoms with Crippen LogP contribution in [0, 0.1) is 0 Å². The standard InChI is InChI=1S/C18H22ClN5O2S/c1-2-7-21-17(25)15-14(20)16(27-22-15)18(26)24-10-8-23(9-11-24)13-5-3-12(19)4-6-13/h3-6H,2,7-11,20H2,1H3,(H,21,25). The van der Waals surface area contributed by atoms with Gasteiger partial charge >= 0.3 is 0 Å². The van der Waals surface area contributed by atoms with Gasteiger partial charge in [-0.2, -0.15) is 4.37 Å². The van der Waals surface area contributed by atoms with E-state index in [1.165, 1.54) is 0 Å². The molecule has 0 spiro atoms. The molecule has 9 heteroatoms. The molecule has 0 bridgehead atoms. The Morgan fingerprint density at radius 2 is 1.89 bits per heavy atom. The van der Waals surface area contributed by atoms with Crippen LogP contribution >= 0.6 is 23.1 Å². The molecular weight excluding hydrogens is 386 g/mol. The van der Waals surface area contributed by atoms with Crippen LogP contribution in [0.5, 0.6) is 0 Å². The van der Waals surface area contributed by atoms with E-state index < -0.39 is 0 Å². The van der Waals surface area contributed by atoms with Crippen LogP contribution < -0.4 is 16.0 Å². The highest BCUT2D eigenvalue weighted by molar-refractivity contribution is 7.09. The Bertz CT molecular complexity index is 816. The van der Waals surface area contributed by atoms with Crippen molar-refractivity contribution in [3.8, 4) is 0 Å². The molecule has 2 aromatic rings. The van der Waals surface area contributed by atoms with Crippen molar-refractivity contribution in [2.75, 3.05) is 43.4 Å². The number of rotatable bonds is 5. The van der Waals surface area contributed by atoms with Crippen LogP contribution in [0.3, 0.4) is 0 Å². The van der Waals surface area contributed by atoms with Crippen molar-refractivity contribution >= 4 is 46.3 Å². The minimum absolute atomic E-state index is 0.136. The molecule has 7 nitrogen and oxygen atoms in total. The van der Waals surface area contributed by atoms with Crippen LogP contribution in [0.25, 0.3) is 0 Å². The summed E-state index contributed by atoms with van der Waals surface area (Å²) in [6.45, 7) is 5.10. The lowest BCUT2D eigenvalue weighted by atomic mass is 10.2. The van der Waals surface area contributed by atoms with E-state index in [4.69, 9.17) is 17.3 Å². The van der Waals surface area contributed by atoms with Gasteiger partial charge in [0.2, 0.25) is 0 Å². The second-order valence-corrected chi connectivity index (χ2v) is 7.50. The smallest absolute Gasteiger partial charge is 0.273 e. The van der Waals surface area contributed by atoms with Crippen LogP contribution in [0.1, 0.15) is 33.5 Å². The summed E-state index contributed by atoms with van der Waals surface area (Å²) >= 11 is 6.92. The fraction of sp³-hybridized carbons (Fsp3) is 0.389. The Morgan fingerprint density at radius 3 is 2.52 bits per heavy atom. The monoisotopic (exact) mass is 407 g/mol. The molecule has 27 heavy (non-hydrogen) atoms. The van der Waals surface area contributed by atoms with Gasteiger partial charge in [0, 0.05) is 43.4 Å². The molecule has 0 atom stereocenters. The third-order valence-corrected chi connectivity index (χ3v) is 5.53.